The van der Waals surface area contributed by atoms with E-state index in [0.717, 1.165) is 11.3 Å². The molecule has 1 aromatic heterocycles. The number of fused-ring (bicyclic) bond motifs is 1. The molecule has 0 aliphatic heterocycles. The predicted molar refractivity (Wildman–Crippen MR) is 131 cm³/mol. The van der Waals surface area contributed by atoms with Crippen molar-refractivity contribution in [3.63, 3.8) is 0 Å². The second-order valence-electron chi connectivity index (χ2n) is 9.05. The fraction of sp³-hybridized carbons (Fsp3) is 0.375. The molecule has 0 fully saturated rings. The number of anilines is 2. The quantitative estimate of drug-likeness (QED) is 0.366. The molecule has 0 saturated carbocycles. The molecule has 182 valence electrons. The zero-order valence-corrected chi connectivity index (χ0v) is 20.8. The number of ether oxygens (including phenoxy) is 1. The summed E-state index contributed by atoms with van der Waals surface area (Å²) in [7, 11) is -3.83. The van der Waals surface area contributed by atoms with Crippen molar-refractivity contribution >= 4 is 44.3 Å². The van der Waals surface area contributed by atoms with Crippen LogP contribution in [0.15, 0.2) is 47.4 Å². The van der Waals surface area contributed by atoms with Gasteiger partial charge in [0.25, 0.3) is 10.0 Å². The minimum absolute atomic E-state index is 0.0769. The molecule has 10 heteroatoms. The van der Waals surface area contributed by atoms with Gasteiger partial charge in [-0.15, -0.1) is 0 Å². The summed E-state index contributed by atoms with van der Waals surface area (Å²) < 4.78 is 35.5. The molecule has 0 aliphatic carbocycles. The van der Waals surface area contributed by atoms with Crippen molar-refractivity contribution in [1.82, 2.24) is 9.55 Å². The van der Waals surface area contributed by atoms with Crippen molar-refractivity contribution in [2.45, 2.75) is 57.9 Å². The summed E-state index contributed by atoms with van der Waals surface area (Å²) in [5.74, 6) is 0.314. The Kier molecular flexibility index (Phi) is 7.30. The Morgan fingerprint density at radius 3 is 2.26 bits per heavy atom. The number of imidazole rings is 1. The molecular weight excluding hydrogens is 456 g/mol. The number of aromatic nitrogens is 2. The van der Waals surface area contributed by atoms with Crippen LogP contribution < -0.4 is 10.0 Å². The first-order valence-corrected chi connectivity index (χ1v) is 12.4. The van der Waals surface area contributed by atoms with Crippen molar-refractivity contribution in [3.05, 3.63) is 48.3 Å². The standard InChI is InChI=1S/C24H30N4O5S/c1-16(29)25-18-7-10-20(11-8-18)34(31,32)27-19-9-12-22-21(15-19)26-23(24(3,4)5)28(22)13-6-14-33-17(2)30/h7-12,15,27H,6,13-14H2,1-5H3,(H,25,29). The molecule has 0 saturated heterocycles. The van der Waals surface area contributed by atoms with Crippen LogP contribution in [-0.2, 0) is 36.3 Å². The molecule has 2 aromatic carbocycles. The fourth-order valence-electron chi connectivity index (χ4n) is 3.57. The summed E-state index contributed by atoms with van der Waals surface area (Å²) in [6.07, 6.45) is 0.636. The van der Waals surface area contributed by atoms with Crippen molar-refractivity contribution in [2.75, 3.05) is 16.6 Å². The smallest absolute Gasteiger partial charge is 0.302 e. The van der Waals surface area contributed by atoms with E-state index in [1.165, 1.54) is 38.1 Å². The van der Waals surface area contributed by atoms with Crippen molar-refractivity contribution < 1.29 is 22.7 Å². The van der Waals surface area contributed by atoms with Gasteiger partial charge in [-0.2, -0.15) is 0 Å². The maximum absolute atomic E-state index is 12.9. The van der Waals surface area contributed by atoms with Crippen molar-refractivity contribution in [2.24, 2.45) is 0 Å². The number of aryl methyl sites for hydroxylation is 1. The summed E-state index contributed by atoms with van der Waals surface area (Å²) in [5.41, 5.74) is 2.20. The van der Waals surface area contributed by atoms with Gasteiger partial charge in [-0.3, -0.25) is 14.3 Å². The lowest BCUT2D eigenvalue weighted by Gasteiger charge is -2.20. The number of benzene rings is 2. The lowest BCUT2D eigenvalue weighted by atomic mass is 9.95. The number of nitrogens with zero attached hydrogens (tertiary/aromatic N) is 2. The third-order valence-corrected chi connectivity index (χ3v) is 6.38. The van der Waals surface area contributed by atoms with Gasteiger partial charge < -0.3 is 14.6 Å². The summed E-state index contributed by atoms with van der Waals surface area (Å²) in [4.78, 5) is 27.1. The van der Waals surface area contributed by atoms with Gasteiger partial charge in [-0.05, 0) is 48.9 Å². The van der Waals surface area contributed by atoms with Gasteiger partial charge in [0.2, 0.25) is 5.91 Å². The number of sulfonamides is 1. The third-order valence-electron chi connectivity index (χ3n) is 4.99. The Morgan fingerprint density at radius 1 is 1.03 bits per heavy atom. The number of esters is 1. The van der Waals surface area contributed by atoms with Gasteiger partial charge in [0.15, 0.2) is 0 Å². The van der Waals surface area contributed by atoms with E-state index < -0.39 is 10.0 Å². The third kappa shape index (κ3) is 6.13. The van der Waals surface area contributed by atoms with Crippen LogP contribution >= 0.6 is 0 Å². The molecule has 2 N–H and O–H groups in total. The Balaban J connectivity index is 1.86. The van der Waals surface area contributed by atoms with E-state index in [1.807, 2.05) is 6.07 Å². The molecule has 0 spiro atoms. The summed E-state index contributed by atoms with van der Waals surface area (Å²) in [5, 5.41) is 2.61. The number of rotatable bonds is 8. The highest BCUT2D eigenvalue weighted by atomic mass is 32.2. The van der Waals surface area contributed by atoms with E-state index in [1.54, 1.807) is 12.1 Å². The molecule has 0 atom stereocenters. The highest BCUT2D eigenvalue weighted by Gasteiger charge is 2.23. The zero-order chi connectivity index (χ0) is 25.1. The normalized spacial score (nSPS) is 11.9. The Morgan fingerprint density at radius 2 is 1.68 bits per heavy atom. The van der Waals surface area contributed by atoms with Crippen LogP contribution in [0.4, 0.5) is 11.4 Å². The van der Waals surface area contributed by atoms with Crippen LogP contribution in [0.1, 0.15) is 46.9 Å². The minimum atomic E-state index is -3.83. The number of hydrogen-bond donors (Lipinski definition) is 2. The second-order valence-corrected chi connectivity index (χ2v) is 10.7. The van der Waals surface area contributed by atoms with Gasteiger partial charge in [0.05, 0.1) is 28.2 Å². The Hall–Kier alpha value is -3.40. The van der Waals surface area contributed by atoms with E-state index in [-0.39, 0.29) is 22.2 Å². The molecule has 0 unspecified atom stereocenters. The molecule has 3 rings (SSSR count). The highest BCUT2D eigenvalue weighted by molar-refractivity contribution is 7.92. The van der Waals surface area contributed by atoms with Crippen LogP contribution in [-0.4, -0.2) is 36.5 Å². The predicted octanol–water partition coefficient (Wildman–Crippen LogP) is 4.05. The van der Waals surface area contributed by atoms with E-state index in [9.17, 15) is 18.0 Å². The molecule has 0 radical (unpaired) electrons. The average molecular weight is 487 g/mol. The summed E-state index contributed by atoms with van der Waals surface area (Å²) >= 11 is 0. The maximum Gasteiger partial charge on any atom is 0.302 e. The van der Waals surface area contributed by atoms with Crippen molar-refractivity contribution in [3.8, 4) is 0 Å². The number of nitrogens with one attached hydrogen (secondary N) is 2. The largest absolute Gasteiger partial charge is 0.466 e. The number of carbonyl (C=O) groups is 2. The van der Waals surface area contributed by atoms with Crippen LogP contribution in [0.3, 0.4) is 0 Å². The molecule has 34 heavy (non-hydrogen) atoms. The van der Waals surface area contributed by atoms with Crippen LogP contribution in [0.25, 0.3) is 11.0 Å². The molecular formula is C24H30N4O5S. The first kappa shape index (κ1) is 25.2. The molecule has 3 aromatic rings. The van der Waals surface area contributed by atoms with E-state index in [0.29, 0.717) is 36.5 Å². The average Bonchev–Trinajstić information content (AvgIpc) is 3.09. The first-order valence-electron chi connectivity index (χ1n) is 10.9. The topological polar surface area (TPSA) is 119 Å². The van der Waals surface area contributed by atoms with Gasteiger partial charge in [-0.1, -0.05) is 20.8 Å². The van der Waals surface area contributed by atoms with Gasteiger partial charge in [-0.25, -0.2) is 13.4 Å². The molecule has 1 amide bonds. The van der Waals surface area contributed by atoms with Gasteiger partial charge in [0, 0.05) is 31.5 Å². The van der Waals surface area contributed by atoms with Gasteiger partial charge >= 0.3 is 5.97 Å². The second kappa shape index (κ2) is 9.84. The van der Waals surface area contributed by atoms with Gasteiger partial charge in [0.1, 0.15) is 5.82 Å². The van der Waals surface area contributed by atoms with Crippen LogP contribution in [0.2, 0.25) is 0 Å². The minimum Gasteiger partial charge on any atom is -0.466 e. The number of amides is 1. The van der Waals surface area contributed by atoms with Crippen LogP contribution in [0.5, 0.6) is 0 Å². The monoisotopic (exact) mass is 486 g/mol. The van der Waals surface area contributed by atoms with E-state index in [2.05, 4.69) is 35.4 Å². The molecule has 0 aliphatic rings. The maximum atomic E-state index is 12.9. The van der Waals surface area contributed by atoms with Crippen molar-refractivity contribution in [1.29, 1.82) is 0 Å². The SMILES string of the molecule is CC(=O)Nc1ccc(S(=O)(=O)Nc2ccc3c(c2)nc(C(C)(C)C)n3CCCOC(C)=O)cc1. The van der Waals surface area contributed by atoms with Crippen LogP contribution in [0, 0.1) is 0 Å². The molecule has 9 nitrogen and oxygen atoms in total. The lowest BCUT2D eigenvalue weighted by molar-refractivity contribution is -0.141. The van der Waals surface area contributed by atoms with E-state index >= 15 is 0 Å². The first-order chi connectivity index (χ1) is 15.9. The molecule has 1 heterocycles. The summed E-state index contributed by atoms with van der Waals surface area (Å²) in [6.45, 7) is 9.88. The van der Waals surface area contributed by atoms with E-state index in [4.69, 9.17) is 9.72 Å². The highest BCUT2D eigenvalue weighted by Crippen LogP contribution is 2.29. The zero-order valence-electron chi connectivity index (χ0n) is 20.0. The lowest BCUT2D eigenvalue weighted by Crippen LogP contribution is -2.19. The fourth-order valence-corrected chi connectivity index (χ4v) is 4.62. The Bertz CT molecular complexity index is 1310. The Labute approximate surface area is 199 Å². The number of carbonyl (C=O) groups excluding carboxylic acids is 2. The summed E-state index contributed by atoms with van der Waals surface area (Å²) in [6, 6.07) is 11.2. The number of hydrogen-bond acceptors (Lipinski definition) is 6. The molecule has 0 bridgehead atoms.